The third kappa shape index (κ3) is 42.2. The first kappa shape index (κ1) is 101. The monoisotopic (exact) mass is 1540 g/mol. The molecule has 0 heterocycles. The molecule has 108 heavy (non-hydrogen) atoms. The molecule has 0 aromatic carbocycles. The predicted molar refractivity (Wildman–Crippen MR) is 408 cm³/mol. The molecule has 16 atom stereocenters. The van der Waals surface area contributed by atoms with Gasteiger partial charge in [0.05, 0.1) is 12.5 Å². The lowest BCUT2D eigenvalue weighted by molar-refractivity contribution is -0.136. The summed E-state index contributed by atoms with van der Waals surface area (Å²) in [6, 6.07) is -17.3. The summed E-state index contributed by atoms with van der Waals surface area (Å²) < 4.78 is 0. The topological polar surface area (TPSA) is 606 Å². The maximum absolute atomic E-state index is 14.2. The van der Waals surface area contributed by atoms with Crippen molar-refractivity contribution in [3.8, 4) is 0 Å². The zero-order valence-corrected chi connectivity index (χ0v) is 66.9. The SMILES string of the molecule is CC(=O)O.CC[C@H](C)[C@H](N)C(=O)N[C@@H](CC(N)=O)C(=O)N[C@@H](CC(C)C)C(=O)N[C@@H](CCCCN)C(=O)N[C@@H](C)C(=O)N[C@H](C(=O)N[C@@H](C)C(=O)N[C@@H](C)C(=O)N[C@@H](CC(C)C)C(=O)N[C@@H](C)C(=O)N[C@@H](CCCCN)C(=O)N[C@@H](CCCCN)C(=O)N[C@@H](CC(C)C)C(=O)N[C@@H](CC(C)C)C(N)=O)[C@@H](C)CC. The van der Waals surface area contributed by atoms with Crippen LogP contribution in [0.1, 0.15) is 220 Å². The Morgan fingerprint density at radius 2 is 0.546 bits per heavy atom. The second kappa shape index (κ2) is 54.0. The van der Waals surface area contributed by atoms with E-state index in [0.29, 0.717) is 57.9 Å². The van der Waals surface area contributed by atoms with Gasteiger partial charge in [0.25, 0.3) is 5.97 Å². The summed E-state index contributed by atoms with van der Waals surface area (Å²) >= 11 is 0. The van der Waals surface area contributed by atoms with Crippen molar-refractivity contribution in [3.05, 3.63) is 0 Å². The fourth-order valence-corrected chi connectivity index (χ4v) is 10.8. The zero-order valence-electron chi connectivity index (χ0n) is 66.9. The van der Waals surface area contributed by atoms with E-state index in [4.69, 9.17) is 44.3 Å². The summed E-state index contributed by atoms with van der Waals surface area (Å²) in [7, 11) is 0. The molecular formula is C72H135N19O17. The lowest BCUT2D eigenvalue weighted by Crippen LogP contribution is -2.61. The Bertz CT molecular complexity index is 2900. The van der Waals surface area contributed by atoms with Crippen molar-refractivity contribution in [1.82, 2.24) is 69.1 Å². The summed E-state index contributed by atoms with van der Waals surface area (Å²) in [5.41, 5.74) is 34.4. The molecule has 0 aliphatic rings. The molecule has 0 aliphatic heterocycles. The molecule has 0 aliphatic carbocycles. The van der Waals surface area contributed by atoms with E-state index in [1.807, 2.05) is 34.6 Å². The Morgan fingerprint density at radius 3 is 0.870 bits per heavy atom. The van der Waals surface area contributed by atoms with Gasteiger partial charge in [-0.3, -0.25) is 76.7 Å². The van der Waals surface area contributed by atoms with Crippen molar-refractivity contribution < 1.29 is 81.8 Å². The van der Waals surface area contributed by atoms with Crippen LogP contribution in [0.2, 0.25) is 0 Å². The van der Waals surface area contributed by atoms with Crippen molar-refractivity contribution >= 4 is 94.6 Å². The fourth-order valence-electron chi connectivity index (χ4n) is 10.8. The molecule has 15 amide bonds. The number of carbonyl (C=O) groups excluding carboxylic acids is 15. The van der Waals surface area contributed by atoms with E-state index in [-0.39, 0.29) is 87.6 Å². The normalized spacial score (nSPS) is 15.7. The van der Waals surface area contributed by atoms with Gasteiger partial charge in [-0.2, -0.15) is 0 Å². The number of amides is 15. The van der Waals surface area contributed by atoms with Crippen molar-refractivity contribution in [3.63, 3.8) is 0 Å². The van der Waals surface area contributed by atoms with Crippen LogP contribution in [0, 0.1) is 35.5 Å². The van der Waals surface area contributed by atoms with Gasteiger partial charge in [0.2, 0.25) is 88.6 Å². The lowest BCUT2D eigenvalue weighted by atomic mass is 9.97. The second-order valence-electron chi connectivity index (χ2n) is 29.7. The van der Waals surface area contributed by atoms with Crippen LogP contribution in [0.25, 0.3) is 0 Å². The highest BCUT2D eigenvalue weighted by Crippen LogP contribution is 2.16. The van der Waals surface area contributed by atoms with E-state index in [1.165, 1.54) is 27.7 Å². The average molecular weight is 1540 g/mol. The number of unbranched alkanes of at least 4 members (excludes halogenated alkanes) is 3. The molecule has 0 rings (SSSR count). The summed E-state index contributed by atoms with van der Waals surface area (Å²) in [5.74, 6) is -13.8. The van der Waals surface area contributed by atoms with Crippen LogP contribution in [0.3, 0.4) is 0 Å². The molecule has 0 saturated carbocycles. The summed E-state index contributed by atoms with van der Waals surface area (Å²) in [6.07, 6.45) is 3.65. The first-order chi connectivity index (χ1) is 50.3. The number of carbonyl (C=O) groups is 16. The number of carboxylic acid groups (broad SMARTS) is 1. The Labute approximate surface area is 637 Å². The molecule has 0 spiro atoms. The van der Waals surface area contributed by atoms with Crippen molar-refractivity contribution in [2.24, 2.45) is 69.9 Å². The fraction of sp³-hybridized carbons (Fsp3) is 0.778. The number of aliphatic carboxylic acids is 1. The van der Waals surface area contributed by atoms with Gasteiger partial charge >= 0.3 is 0 Å². The summed E-state index contributed by atoms with van der Waals surface area (Å²) in [4.78, 5) is 213. The molecule has 0 fully saturated rings. The average Bonchev–Trinajstić information content (AvgIpc) is 0.864. The van der Waals surface area contributed by atoms with E-state index in [0.717, 1.165) is 6.92 Å². The lowest BCUT2D eigenvalue weighted by Gasteiger charge is -2.28. The number of carboxylic acids is 1. The number of nitrogens with one attached hydrogen (secondary N) is 13. The van der Waals surface area contributed by atoms with Crippen LogP contribution in [0.15, 0.2) is 0 Å². The van der Waals surface area contributed by atoms with Gasteiger partial charge in [0, 0.05) is 6.92 Å². The van der Waals surface area contributed by atoms with Crippen LogP contribution in [-0.2, 0) is 76.7 Å². The molecule has 0 bridgehead atoms. The molecule has 620 valence electrons. The molecule has 0 saturated heterocycles. The van der Waals surface area contributed by atoms with Gasteiger partial charge in [-0.1, -0.05) is 95.9 Å². The van der Waals surface area contributed by atoms with Gasteiger partial charge in [-0.25, -0.2) is 0 Å². The standard InChI is InChI=1S/C70H131N19O15.C2H4O2/c1-17-40(11)55(75)69(103)88-53(35-54(74)90)68(102)87-51(33-38(7)8)66(100)83-46(25-19-22-28-71)62(96)78-45(16)61(95)89-56(41(12)18-2)70(104)80-42(13)58(92)77-43(14)60(94)85-50(32-37(5)6)65(99)79-44(15)59(93)81-47(26-20-23-29-72)63(97)82-48(27-21-24-30-73)64(98)86-52(34-39(9)10)67(101)84-49(57(76)91)31-36(3)4;1-2(3)4/h36-53,55-56H,17-35,71-73,75H2,1-16H3,(H2,74,90)(H2,76,91)(H,77,92)(H,78,96)(H,79,99)(H,80,104)(H,81,93)(H,82,97)(H,83,100)(H,84,101)(H,85,94)(H,86,98)(H,87,102)(H,88,103)(H,89,95);1H3,(H,3,4)/t40-,41-,42-,43-,44-,45-,46-,47-,48-,49-,50-,51-,52-,53-,55-,56-;/m0./s1. The number of primary amides is 2. The quantitative estimate of drug-likeness (QED) is 0.0288. The van der Waals surface area contributed by atoms with Crippen LogP contribution >= 0.6 is 0 Å². The summed E-state index contributed by atoms with van der Waals surface area (Å²) in [6.45, 7) is 28.9. The highest BCUT2D eigenvalue weighted by molar-refractivity contribution is 6.00. The van der Waals surface area contributed by atoms with Crippen LogP contribution < -0.4 is 104 Å². The molecule has 36 nitrogen and oxygen atoms in total. The maximum atomic E-state index is 14.2. The Balaban J connectivity index is 0. The van der Waals surface area contributed by atoms with E-state index >= 15 is 0 Å². The Hall–Kier alpha value is -8.64. The number of hydrogen-bond acceptors (Lipinski definition) is 20. The zero-order chi connectivity index (χ0) is 83.4. The Kier molecular flexibility index (Phi) is 50.7. The molecule has 0 aromatic heterocycles. The van der Waals surface area contributed by atoms with E-state index in [1.54, 1.807) is 48.5 Å². The minimum atomic E-state index is -1.48. The smallest absolute Gasteiger partial charge is 0.300 e. The van der Waals surface area contributed by atoms with Crippen LogP contribution in [0.5, 0.6) is 0 Å². The number of hydrogen-bond donors (Lipinski definition) is 20. The van der Waals surface area contributed by atoms with Gasteiger partial charge in [-0.15, -0.1) is 0 Å². The summed E-state index contributed by atoms with van der Waals surface area (Å²) in [5, 5.41) is 41.5. The first-order valence-electron chi connectivity index (χ1n) is 37.9. The van der Waals surface area contributed by atoms with E-state index in [2.05, 4.69) is 69.1 Å². The molecular weight excluding hydrogens is 1400 g/mol. The highest BCUT2D eigenvalue weighted by Gasteiger charge is 2.38. The van der Waals surface area contributed by atoms with Crippen LogP contribution in [0.4, 0.5) is 0 Å². The molecule has 0 aromatic rings. The van der Waals surface area contributed by atoms with Crippen LogP contribution in [-0.4, -0.2) is 204 Å². The highest BCUT2D eigenvalue weighted by atomic mass is 16.4. The van der Waals surface area contributed by atoms with Gasteiger partial charge in [0.1, 0.15) is 78.5 Å². The van der Waals surface area contributed by atoms with Crippen molar-refractivity contribution in [2.75, 3.05) is 19.6 Å². The Morgan fingerprint density at radius 1 is 0.306 bits per heavy atom. The molecule has 0 unspecified atom stereocenters. The second-order valence-corrected chi connectivity index (χ2v) is 29.7. The van der Waals surface area contributed by atoms with Gasteiger partial charge in [-0.05, 0) is 166 Å². The van der Waals surface area contributed by atoms with E-state index in [9.17, 15) is 71.9 Å². The first-order valence-corrected chi connectivity index (χ1v) is 37.9. The van der Waals surface area contributed by atoms with Crippen molar-refractivity contribution in [1.29, 1.82) is 0 Å². The predicted octanol–water partition coefficient (Wildman–Crippen LogP) is -2.19. The molecule has 0 radical (unpaired) electrons. The maximum Gasteiger partial charge on any atom is 0.300 e. The van der Waals surface area contributed by atoms with Crippen molar-refractivity contribution in [2.45, 2.75) is 305 Å². The van der Waals surface area contributed by atoms with E-state index < -0.39 is 192 Å². The number of rotatable bonds is 53. The minimum absolute atomic E-state index is 0.00864. The molecule has 36 heteroatoms. The van der Waals surface area contributed by atoms with Gasteiger partial charge in [0.15, 0.2) is 0 Å². The largest absolute Gasteiger partial charge is 0.481 e. The minimum Gasteiger partial charge on any atom is -0.481 e. The third-order valence-electron chi connectivity index (χ3n) is 17.5. The molecule has 26 N–H and O–H groups in total. The third-order valence-corrected chi connectivity index (χ3v) is 17.5. The number of nitrogens with two attached hydrogens (primary N) is 6. The van der Waals surface area contributed by atoms with Gasteiger partial charge < -0.3 is 109 Å².